The molecule has 2 fully saturated rings. The van der Waals surface area contributed by atoms with E-state index in [4.69, 9.17) is 14.2 Å². The third-order valence-electron chi connectivity index (χ3n) is 9.06. The Morgan fingerprint density at radius 3 is 2.25 bits per heavy atom. The smallest absolute Gasteiger partial charge is 0.407 e. The highest BCUT2D eigenvalue weighted by Gasteiger charge is 2.34. The average Bonchev–Trinajstić information content (AvgIpc) is 3.14. The summed E-state index contributed by atoms with van der Waals surface area (Å²) >= 11 is 0. The first-order valence-electron chi connectivity index (χ1n) is 16.8. The number of aliphatic hydroxyl groups is 1. The van der Waals surface area contributed by atoms with Gasteiger partial charge in [-0.2, -0.15) is 0 Å². The fourth-order valence-corrected chi connectivity index (χ4v) is 6.42. The molecule has 48 heavy (non-hydrogen) atoms. The number of amides is 1. The number of alkyl carbamates (subject to hydrolysis) is 1. The van der Waals surface area contributed by atoms with Gasteiger partial charge in [-0.25, -0.2) is 4.79 Å². The molecule has 8 nitrogen and oxygen atoms in total. The average molecular weight is 648 g/mol. The molecule has 250 valence electrons. The SMILES string of the molecule is C=CCOC(=O)NCc1ccccc1-c1ccc([C@@H]2O[C@H](CN3CCN(Cc4ccccc4)CC3)C[C@H](c3ccc(CO)cc3)O2)cc1. The Labute approximate surface area is 283 Å². The number of carbonyl (C=O) groups excluding carboxylic acids is 1. The summed E-state index contributed by atoms with van der Waals surface area (Å²) in [7, 11) is 0. The number of benzene rings is 4. The van der Waals surface area contributed by atoms with Crippen molar-refractivity contribution in [2.75, 3.05) is 39.3 Å². The number of nitrogens with zero attached hydrogens (tertiary/aromatic N) is 2. The monoisotopic (exact) mass is 647 g/mol. The van der Waals surface area contributed by atoms with Crippen LogP contribution in [-0.4, -0.2) is 66.4 Å². The second-order valence-corrected chi connectivity index (χ2v) is 12.4. The molecule has 2 aliphatic rings. The second-order valence-electron chi connectivity index (χ2n) is 12.4. The van der Waals surface area contributed by atoms with E-state index in [1.807, 2.05) is 30.3 Å². The third kappa shape index (κ3) is 8.98. The van der Waals surface area contributed by atoms with E-state index >= 15 is 0 Å². The topological polar surface area (TPSA) is 83.5 Å². The first-order chi connectivity index (χ1) is 23.6. The maximum Gasteiger partial charge on any atom is 0.407 e. The maximum absolute atomic E-state index is 12.0. The molecular weight excluding hydrogens is 602 g/mol. The molecule has 4 aromatic rings. The molecule has 6 rings (SSSR count). The van der Waals surface area contributed by atoms with Gasteiger partial charge in [0.1, 0.15) is 6.61 Å². The maximum atomic E-state index is 12.0. The molecule has 0 aromatic heterocycles. The summed E-state index contributed by atoms with van der Waals surface area (Å²) < 4.78 is 18.4. The fraction of sp³-hybridized carbons (Fsp3) is 0.325. The van der Waals surface area contributed by atoms with Crippen LogP contribution in [-0.2, 0) is 33.9 Å². The number of aliphatic hydroxyl groups excluding tert-OH is 1. The summed E-state index contributed by atoms with van der Waals surface area (Å²) in [5.74, 6) is 0. The van der Waals surface area contributed by atoms with Crippen molar-refractivity contribution in [3.8, 4) is 11.1 Å². The van der Waals surface area contributed by atoms with Crippen LogP contribution in [0.4, 0.5) is 4.79 Å². The van der Waals surface area contributed by atoms with E-state index in [-0.39, 0.29) is 25.4 Å². The number of nitrogens with one attached hydrogen (secondary N) is 1. The van der Waals surface area contributed by atoms with Crippen molar-refractivity contribution in [3.63, 3.8) is 0 Å². The van der Waals surface area contributed by atoms with E-state index in [2.05, 4.69) is 94.5 Å². The zero-order valence-corrected chi connectivity index (χ0v) is 27.4. The van der Waals surface area contributed by atoms with Gasteiger partial charge >= 0.3 is 6.09 Å². The molecule has 0 saturated carbocycles. The van der Waals surface area contributed by atoms with Crippen LogP contribution < -0.4 is 5.32 Å². The second kappa shape index (κ2) is 16.7. The van der Waals surface area contributed by atoms with Gasteiger partial charge in [0, 0.05) is 57.8 Å². The molecule has 3 atom stereocenters. The Morgan fingerprint density at radius 2 is 1.52 bits per heavy atom. The molecule has 2 N–H and O–H groups in total. The molecule has 2 saturated heterocycles. The Hall–Kier alpha value is -4.31. The first-order valence-corrected chi connectivity index (χ1v) is 16.8. The molecule has 0 radical (unpaired) electrons. The van der Waals surface area contributed by atoms with E-state index in [9.17, 15) is 9.90 Å². The Bertz CT molecular complexity index is 1600. The fourth-order valence-electron chi connectivity index (χ4n) is 6.42. The Morgan fingerprint density at radius 1 is 0.833 bits per heavy atom. The van der Waals surface area contributed by atoms with Crippen LogP contribution in [0.15, 0.2) is 116 Å². The van der Waals surface area contributed by atoms with Crippen molar-refractivity contribution < 1.29 is 24.1 Å². The van der Waals surface area contributed by atoms with Gasteiger partial charge < -0.3 is 24.6 Å². The minimum absolute atomic E-state index is 0.000681. The van der Waals surface area contributed by atoms with Gasteiger partial charge in [-0.15, -0.1) is 0 Å². The molecule has 0 spiro atoms. The van der Waals surface area contributed by atoms with Crippen LogP contribution >= 0.6 is 0 Å². The molecule has 1 amide bonds. The summed E-state index contributed by atoms with van der Waals surface area (Å²) in [6.45, 7) is 10.0. The molecule has 0 aliphatic carbocycles. The van der Waals surface area contributed by atoms with Gasteiger partial charge in [-0.3, -0.25) is 9.80 Å². The van der Waals surface area contributed by atoms with Crippen LogP contribution in [0.2, 0.25) is 0 Å². The van der Waals surface area contributed by atoms with E-state index < -0.39 is 12.4 Å². The summed E-state index contributed by atoms with van der Waals surface area (Å²) in [5, 5.41) is 12.4. The van der Waals surface area contributed by atoms with Crippen molar-refractivity contribution in [3.05, 3.63) is 144 Å². The lowest BCUT2D eigenvalue weighted by Gasteiger charge is -2.40. The highest BCUT2D eigenvalue weighted by Crippen LogP contribution is 2.39. The van der Waals surface area contributed by atoms with E-state index in [1.54, 1.807) is 6.08 Å². The van der Waals surface area contributed by atoms with Crippen molar-refractivity contribution in [2.45, 2.75) is 44.6 Å². The molecular formula is C40H45N3O5. The lowest BCUT2D eigenvalue weighted by atomic mass is 9.97. The minimum atomic E-state index is -0.517. The summed E-state index contributed by atoms with van der Waals surface area (Å²) in [6, 6.07) is 35.0. The number of carbonyl (C=O) groups is 1. The van der Waals surface area contributed by atoms with Gasteiger partial charge in [0.15, 0.2) is 6.29 Å². The number of rotatable bonds is 12. The molecule has 0 bridgehead atoms. The minimum Gasteiger partial charge on any atom is -0.445 e. The number of hydrogen-bond acceptors (Lipinski definition) is 7. The molecule has 8 heteroatoms. The van der Waals surface area contributed by atoms with Gasteiger partial charge in [0.05, 0.1) is 18.8 Å². The number of ether oxygens (including phenoxy) is 3. The molecule has 2 aliphatic heterocycles. The quantitative estimate of drug-likeness (QED) is 0.167. The summed E-state index contributed by atoms with van der Waals surface area (Å²) in [5.41, 5.74) is 7.33. The van der Waals surface area contributed by atoms with Crippen LogP contribution in [0.5, 0.6) is 0 Å². The lowest BCUT2D eigenvalue weighted by Crippen LogP contribution is -2.49. The van der Waals surface area contributed by atoms with Crippen LogP contribution in [0, 0.1) is 0 Å². The van der Waals surface area contributed by atoms with Crippen LogP contribution in [0.1, 0.15) is 46.6 Å². The zero-order valence-electron chi connectivity index (χ0n) is 27.4. The highest BCUT2D eigenvalue weighted by atomic mass is 16.7. The van der Waals surface area contributed by atoms with Crippen molar-refractivity contribution >= 4 is 6.09 Å². The van der Waals surface area contributed by atoms with E-state index in [0.29, 0.717) is 6.54 Å². The molecule has 0 unspecified atom stereocenters. The van der Waals surface area contributed by atoms with Crippen molar-refractivity contribution in [1.82, 2.24) is 15.1 Å². The first kappa shape index (κ1) is 33.6. The zero-order chi connectivity index (χ0) is 33.1. The van der Waals surface area contributed by atoms with Crippen LogP contribution in [0.25, 0.3) is 11.1 Å². The molecule has 4 aromatic carbocycles. The van der Waals surface area contributed by atoms with Crippen molar-refractivity contribution in [2.24, 2.45) is 0 Å². The van der Waals surface area contributed by atoms with E-state index in [0.717, 1.165) is 79.1 Å². The largest absolute Gasteiger partial charge is 0.445 e. The van der Waals surface area contributed by atoms with Gasteiger partial charge in [0.2, 0.25) is 0 Å². The predicted molar refractivity (Wildman–Crippen MR) is 187 cm³/mol. The standard InChI is InChI=1S/C40H45N3O5/c1-2-24-46-40(45)41-26-35-10-6-7-11-37(35)32-16-18-34(19-17-32)39-47-36(25-38(48-39)33-14-12-31(29-44)13-15-33)28-43-22-20-42(21-23-43)27-30-8-4-3-5-9-30/h2-19,36,38-39,44H,1,20-29H2,(H,41,45)/t36-,38+,39+/m0/s1. The Kier molecular flexibility index (Phi) is 11.7. The van der Waals surface area contributed by atoms with Gasteiger partial charge in [-0.05, 0) is 33.4 Å². The lowest BCUT2D eigenvalue weighted by molar-refractivity contribution is -0.253. The Balaban J connectivity index is 1.14. The third-order valence-corrected chi connectivity index (χ3v) is 9.06. The normalized spacial score (nSPS) is 20.2. The van der Waals surface area contributed by atoms with Gasteiger partial charge in [-0.1, -0.05) is 116 Å². The predicted octanol–water partition coefficient (Wildman–Crippen LogP) is 6.62. The molecule has 2 heterocycles. The highest BCUT2D eigenvalue weighted by molar-refractivity contribution is 5.70. The van der Waals surface area contributed by atoms with Crippen molar-refractivity contribution in [1.29, 1.82) is 0 Å². The van der Waals surface area contributed by atoms with E-state index in [1.165, 1.54) is 5.56 Å². The summed E-state index contributed by atoms with van der Waals surface area (Å²) in [6.07, 6.45) is 1.17. The van der Waals surface area contributed by atoms with Gasteiger partial charge in [0.25, 0.3) is 0 Å². The summed E-state index contributed by atoms with van der Waals surface area (Å²) in [4.78, 5) is 17.1. The number of piperazine rings is 1. The number of hydrogen-bond donors (Lipinski definition) is 2. The van der Waals surface area contributed by atoms with Crippen LogP contribution in [0.3, 0.4) is 0 Å².